The average molecular weight is 402 g/mol. The van der Waals surface area contributed by atoms with Crippen molar-refractivity contribution >= 4 is 11.9 Å². The van der Waals surface area contributed by atoms with E-state index < -0.39 is 0 Å². The van der Waals surface area contributed by atoms with Gasteiger partial charge in [-0.25, -0.2) is 0 Å². The average Bonchev–Trinajstić information content (AvgIpc) is 2.81. The van der Waals surface area contributed by atoms with Crippen molar-refractivity contribution in [2.75, 3.05) is 0 Å². The maximum absolute atomic E-state index is 12.4. The summed E-state index contributed by atoms with van der Waals surface area (Å²) in [7, 11) is 0. The molecule has 0 radical (unpaired) electrons. The van der Waals surface area contributed by atoms with E-state index in [4.69, 9.17) is 9.47 Å². The fraction of sp³-hybridized carbons (Fsp3) is 0.231. The number of ether oxygens (including phenoxy) is 2. The molecule has 0 bridgehead atoms. The lowest BCUT2D eigenvalue weighted by molar-refractivity contribution is -0.147. The lowest BCUT2D eigenvalue weighted by Crippen LogP contribution is -2.15. The van der Waals surface area contributed by atoms with Gasteiger partial charge in [0, 0.05) is 0 Å². The molecule has 0 aliphatic rings. The molecule has 0 N–H and O–H groups in total. The fourth-order valence-electron chi connectivity index (χ4n) is 3.05. The van der Waals surface area contributed by atoms with E-state index in [9.17, 15) is 9.59 Å². The van der Waals surface area contributed by atoms with Crippen LogP contribution in [-0.4, -0.2) is 11.9 Å². The van der Waals surface area contributed by atoms with Crippen LogP contribution in [0.3, 0.4) is 0 Å². The maximum Gasteiger partial charge on any atom is 0.313 e. The van der Waals surface area contributed by atoms with Crippen molar-refractivity contribution in [3.05, 3.63) is 107 Å². The number of hydrogen-bond donors (Lipinski definition) is 0. The first-order valence-corrected chi connectivity index (χ1v) is 10.1. The number of rotatable bonds is 8. The molecule has 3 rings (SSSR count). The Hall–Kier alpha value is -3.40. The highest BCUT2D eigenvalue weighted by Gasteiger charge is 2.20. The van der Waals surface area contributed by atoms with Crippen LogP contribution in [0.1, 0.15) is 47.9 Å². The molecule has 4 nitrogen and oxygen atoms in total. The largest absolute Gasteiger partial charge is 0.460 e. The summed E-state index contributed by atoms with van der Waals surface area (Å²) in [4.78, 5) is 24.7. The van der Waals surface area contributed by atoms with Crippen LogP contribution in [0.25, 0.3) is 0 Å². The van der Waals surface area contributed by atoms with E-state index in [1.165, 1.54) is 0 Å². The molecule has 3 aromatic rings. The highest BCUT2D eigenvalue weighted by molar-refractivity contribution is 5.79. The first-order chi connectivity index (χ1) is 14.5. The molecule has 2 unspecified atom stereocenters. The highest BCUT2D eigenvalue weighted by atomic mass is 16.5. The van der Waals surface area contributed by atoms with Crippen LogP contribution < -0.4 is 0 Å². The summed E-state index contributed by atoms with van der Waals surface area (Å²) < 4.78 is 10.8. The Morgan fingerprint density at radius 2 is 0.933 bits per heavy atom. The van der Waals surface area contributed by atoms with Crippen LogP contribution in [0.5, 0.6) is 0 Å². The van der Waals surface area contributed by atoms with Crippen LogP contribution in [0.4, 0.5) is 0 Å². The number of carbonyl (C=O) groups excluding carboxylic acids is 2. The predicted molar refractivity (Wildman–Crippen MR) is 116 cm³/mol. The van der Waals surface area contributed by atoms with Crippen LogP contribution in [0.2, 0.25) is 0 Å². The zero-order chi connectivity index (χ0) is 21.3. The number of benzene rings is 3. The second-order valence-corrected chi connectivity index (χ2v) is 7.30. The zero-order valence-corrected chi connectivity index (χ0v) is 17.3. The van der Waals surface area contributed by atoms with Crippen molar-refractivity contribution in [2.24, 2.45) is 0 Å². The lowest BCUT2D eigenvalue weighted by atomic mass is 9.95. The van der Waals surface area contributed by atoms with Gasteiger partial charge in [-0.1, -0.05) is 84.9 Å². The predicted octanol–water partition coefficient (Wildman–Crippen LogP) is 5.38. The van der Waals surface area contributed by atoms with Gasteiger partial charge in [0.15, 0.2) is 0 Å². The minimum absolute atomic E-state index is 0.256. The molecule has 154 valence electrons. The van der Waals surface area contributed by atoms with Crippen LogP contribution in [0.15, 0.2) is 84.9 Å². The molecular weight excluding hydrogens is 376 g/mol. The molecule has 3 aromatic carbocycles. The first-order valence-electron chi connectivity index (χ1n) is 10.1. The van der Waals surface area contributed by atoms with Gasteiger partial charge >= 0.3 is 11.9 Å². The molecule has 4 heteroatoms. The summed E-state index contributed by atoms with van der Waals surface area (Å²) >= 11 is 0. The molecule has 0 spiro atoms. The monoisotopic (exact) mass is 402 g/mol. The number of esters is 2. The Kier molecular flexibility index (Phi) is 7.39. The zero-order valence-electron chi connectivity index (χ0n) is 17.3. The third-order valence-electron chi connectivity index (χ3n) is 5.09. The minimum Gasteiger partial charge on any atom is -0.460 e. The first kappa shape index (κ1) is 21.3. The maximum atomic E-state index is 12.4. The Labute approximate surface area is 177 Å². The summed E-state index contributed by atoms with van der Waals surface area (Å²) in [6.45, 7) is 4.15. The van der Waals surface area contributed by atoms with Gasteiger partial charge in [0.2, 0.25) is 0 Å². The van der Waals surface area contributed by atoms with E-state index in [-0.39, 0.29) is 37.0 Å². The van der Waals surface area contributed by atoms with E-state index in [0.717, 1.165) is 22.3 Å². The van der Waals surface area contributed by atoms with Gasteiger partial charge in [-0.15, -0.1) is 0 Å². The van der Waals surface area contributed by atoms with Gasteiger partial charge in [0.05, 0.1) is 11.8 Å². The fourth-order valence-corrected chi connectivity index (χ4v) is 3.05. The van der Waals surface area contributed by atoms with Crippen LogP contribution >= 0.6 is 0 Å². The van der Waals surface area contributed by atoms with Gasteiger partial charge in [0.1, 0.15) is 13.2 Å². The molecule has 2 atom stereocenters. The van der Waals surface area contributed by atoms with Crippen molar-refractivity contribution < 1.29 is 19.1 Å². The summed E-state index contributed by atoms with van der Waals surface area (Å²) in [5.74, 6) is -1.32. The van der Waals surface area contributed by atoms with E-state index in [0.29, 0.717) is 0 Å². The Bertz CT molecular complexity index is 869. The smallest absolute Gasteiger partial charge is 0.313 e. The van der Waals surface area contributed by atoms with E-state index in [2.05, 4.69) is 0 Å². The Balaban J connectivity index is 1.53. The molecular formula is C26H26O4. The topological polar surface area (TPSA) is 52.6 Å². The SMILES string of the molecule is CC(C(=O)OCc1ccccc1)c1ccc(C(C)C(=O)OCc2ccccc2)cc1. The lowest BCUT2D eigenvalue weighted by Gasteiger charge is -2.15. The third kappa shape index (κ3) is 5.80. The molecule has 30 heavy (non-hydrogen) atoms. The standard InChI is InChI=1S/C26H26O4/c1-19(25(27)29-17-21-9-5-3-6-10-21)23-13-15-24(16-14-23)20(2)26(28)30-18-22-11-7-4-8-12-22/h3-16,19-20H,17-18H2,1-2H3. The Morgan fingerprint density at radius 3 is 1.27 bits per heavy atom. The molecule has 0 aliphatic heterocycles. The summed E-state index contributed by atoms with van der Waals surface area (Å²) in [6, 6.07) is 26.7. The molecule has 0 aliphatic carbocycles. The van der Waals surface area contributed by atoms with Crippen molar-refractivity contribution in [3.63, 3.8) is 0 Å². The molecule has 0 amide bonds. The summed E-state index contributed by atoms with van der Waals surface area (Å²) in [5, 5.41) is 0. The number of hydrogen-bond acceptors (Lipinski definition) is 4. The van der Waals surface area contributed by atoms with E-state index >= 15 is 0 Å². The van der Waals surface area contributed by atoms with Crippen molar-refractivity contribution in [2.45, 2.75) is 38.9 Å². The Morgan fingerprint density at radius 1 is 0.600 bits per heavy atom. The van der Waals surface area contributed by atoms with Crippen molar-refractivity contribution in [1.82, 2.24) is 0 Å². The van der Waals surface area contributed by atoms with E-state index in [1.54, 1.807) is 0 Å². The minimum atomic E-state index is -0.386. The highest BCUT2D eigenvalue weighted by Crippen LogP contribution is 2.23. The quantitative estimate of drug-likeness (QED) is 0.475. The molecule has 0 fully saturated rings. The second-order valence-electron chi connectivity index (χ2n) is 7.30. The van der Waals surface area contributed by atoms with Gasteiger partial charge in [0.25, 0.3) is 0 Å². The van der Waals surface area contributed by atoms with Crippen LogP contribution in [0, 0.1) is 0 Å². The summed E-state index contributed by atoms with van der Waals surface area (Å²) in [6.07, 6.45) is 0. The van der Waals surface area contributed by atoms with Gasteiger partial charge in [-0.2, -0.15) is 0 Å². The molecule has 0 heterocycles. The molecule has 0 saturated carbocycles. The van der Waals surface area contributed by atoms with Gasteiger partial charge in [-0.3, -0.25) is 9.59 Å². The van der Waals surface area contributed by atoms with Crippen molar-refractivity contribution in [3.8, 4) is 0 Å². The summed E-state index contributed by atoms with van der Waals surface area (Å²) in [5.41, 5.74) is 3.61. The number of carbonyl (C=O) groups is 2. The molecule has 0 saturated heterocycles. The third-order valence-corrected chi connectivity index (χ3v) is 5.09. The second kappa shape index (κ2) is 10.4. The van der Waals surface area contributed by atoms with Gasteiger partial charge < -0.3 is 9.47 Å². The van der Waals surface area contributed by atoms with Gasteiger partial charge in [-0.05, 0) is 36.1 Å². The van der Waals surface area contributed by atoms with Crippen LogP contribution in [-0.2, 0) is 32.3 Å². The van der Waals surface area contributed by atoms with Crippen molar-refractivity contribution in [1.29, 1.82) is 0 Å². The van der Waals surface area contributed by atoms with E-state index in [1.807, 2.05) is 98.8 Å². The normalized spacial score (nSPS) is 12.6. The molecule has 0 aromatic heterocycles.